The highest BCUT2D eigenvalue weighted by Gasteiger charge is 2.13. The highest BCUT2D eigenvalue weighted by molar-refractivity contribution is 6.34. The van der Waals surface area contributed by atoms with Crippen molar-refractivity contribution < 1.29 is 19.0 Å². The molecule has 0 fully saturated rings. The number of hydrogen-bond acceptors (Lipinski definition) is 3. The van der Waals surface area contributed by atoms with Crippen LogP contribution in [0.4, 0.5) is 4.39 Å². The van der Waals surface area contributed by atoms with E-state index in [2.05, 4.69) is 5.32 Å². The van der Waals surface area contributed by atoms with Crippen LogP contribution >= 0.6 is 11.6 Å². The Hall–Kier alpha value is -1.17. The van der Waals surface area contributed by atoms with Crippen molar-refractivity contribution in [1.29, 1.82) is 0 Å². The van der Waals surface area contributed by atoms with Crippen molar-refractivity contribution in [3.05, 3.63) is 34.6 Å². The predicted molar refractivity (Wildman–Crippen MR) is 66.2 cm³/mol. The minimum absolute atomic E-state index is 0.0814. The molecular formula is C12H15ClFNO3. The van der Waals surface area contributed by atoms with Gasteiger partial charge >= 0.3 is 0 Å². The van der Waals surface area contributed by atoms with Crippen molar-refractivity contribution in [2.24, 2.45) is 0 Å². The predicted octanol–water partition coefficient (Wildman–Crippen LogP) is 1.61. The molecule has 2 N–H and O–H groups in total. The van der Waals surface area contributed by atoms with Crippen LogP contribution in [0.3, 0.4) is 0 Å². The third-order valence-corrected chi connectivity index (χ3v) is 2.70. The van der Waals surface area contributed by atoms with Crippen molar-refractivity contribution in [1.82, 2.24) is 5.32 Å². The van der Waals surface area contributed by atoms with E-state index in [1.807, 2.05) is 0 Å². The maximum absolute atomic E-state index is 13.1. The first kappa shape index (κ1) is 14.9. The van der Waals surface area contributed by atoms with E-state index < -0.39 is 17.8 Å². The van der Waals surface area contributed by atoms with Crippen LogP contribution in [0.5, 0.6) is 0 Å². The summed E-state index contributed by atoms with van der Waals surface area (Å²) in [4.78, 5) is 11.7. The van der Waals surface area contributed by atoms with E-state index in [0.717, 1.165) is 0 Å². The smallest absolute Gasteiger partial charge is 0.252 e. The lowest BCUT2D eigenvalue weighted by Crippen LogP contribution is -2.28. The third-order valence-electron chi connectivity index (χ3n) is 2.32. The van der Waals surface area contributed by atoms with Gasteiger partial charge in [-0.25, -0.2) is 4.39 Å². The highest BCUT2D eigenvalue weighted by Crippen LogP contribution is 2.19. The molecule has 1 aromatic rings. The summed E-state index contributed by atoms with van der Waals surface area (Å²) in [6, 6.07) is 4.03. The number of halogens is 2. The summed E-state index contributed by atoms with van der Waals surface area (Å²) < 4.78 is 17.9. The molecule has 0 saturated heterocycles. The number of carbonyl (C=O) groups is 1. The fraction of sp³-hybridized carbons (Fsp3) is 0.417. The van der Waals surface area contributed by atoms with Gasteiger partial charge in [0.25, 0.3) is 5.91 Å². The number of aliphatic hydroxyl groups is 1. The van der Waals surface area contributed by atoms with Gasteiger partial charge in [-0.3, -0.25) is 4.79 Å². The minimum atomic E-state index is -0.640. The van der Waals surface area contributed by atoms with Gasteiger partial charge in [-0.1, -0.05) is 17.7 Å². The van der Waals surface area contributed by atoms with Crippen molar-refractivity contribution >= 4 is 17.5 Å². The molecule has 1 atom stereocenters. The zero-order chi connectivity index (χ0) is 13.5. The Labute approximate surface area is 110 Å². The van der Waals surface area contributed by atoms with Crippen LogP contribution in [0.2, 0.25) is 5.02 Å². The number of rotatable bonds is 6. The molecule has 1 amide bonds. The van der Waals surface area contributed by atoms with Crippen molar-refractivity contribution in [2.75, 3.05) is 20.3 Å². The average molecular weight is 276 g/mol. The zero-order valence-electron chi connectivity index (χ0n) is 9.95. The van der Waals surface area contributed by atoms with Gasteiger partial charge in [0.05, 0.1) is 23.3 Å². The molecule has 0 aliphatic carbocycles. The minimum Gasteiger partial charge on any atom is -0.391 e. The molecule has 0 bridgehead atoms. The number of nitrogens with one attached hydrogen (secondary N) is 1. The maximum atomic E-state index is 13.1. The molecule has 1 rings (SSSR count). The molecule has 0 spiro atoms. The molecule has 4 nitrogen and oxygen atoms in total. The first-order chi connectivity index (χ1) is 8.56. The van der Waals surface area contributed by atoms with Gasteiger partial charge in [-0.05, 0) is 18.6 Å². The first-order valence-electron chi connectivity index (χ1n) is 5.45. The van der Waals surface area contributed by atoms with Crippen LogP contribution in [0.1, 0.15) is 16.8 Å². The maximum Gasteiger partial charge on any atom is 0.252 e. The fourth-order valence-electron chi connectivity index (χ4n) is 1.40. The van der Waals surface area contributed by atoms with Gasteiger partial charge in [0.15, 0.2) is 0 Å². The average Bonchev–Trinajstić information content (AvgIpc) is 2.33. The lowest BCUT2D eigenvalue weighted by molar-refractivity contribution is 0.0587. The third kappa shape index (κ3) is 4.25. The lowest BCUT2D eigenvalue weighted by Gasteiger charge is -2.10. The van der Waals surface area contributed by atoms with E-state index in [0.29, 0.717) is 6.42 Å². The zero-order valence-corrected chi connectivity index (χ0v) is 10.7. The van der Waals surface area contributed by atoms with E-state index in [-0.39, 0.29) is 23.7 Å². The summed E-state index contributed by atoms with van der Waals surface area (Å²) in [5.74, 6) is -1.10. The summed E-state index contributed by atoms with van der Waals surface area (Å²) in [5, 5.41) is 11.7. The van der Waals surface area contributed by atoms with Gasteiger partial charge in [-0.15, -0.1) is 0 Å². The number of ether oxygens (including phenoxy) is 1. The van der Waals surface area contributed by atoms with Crippen LogP contribution in [0.25, 0.3) is 0 Å². The summed E-state index contributed by atoms with van der Waals surface area (Å²) in [5.41, 5.74) is 0.0814. The molecule has 1 aromatic carbocycles. The number of hydrogen-bond donors (Lipinski definition) is 2. The second-order valence-corrected chi connectivity index (χ2v) is 4.13. The molecule has 0 heterocycles. The summed E-state index contributed by atoms with van der Waals surface area (Å²) in [7, 11) is 1.48. The van der Waals surface area contributed by atoms with Gasteiger partial charge in [0.1, 0.15) is 5.82 Å². The number of aliphatic hydroxyl groups excluding tert-OH is 1. The van der Waals surface area contributed by atoms with Gasteiger partial charge < -0.3 is 15.2 Å². The topological polar surface area (TPSA) is 58.6 Å². The quantitative estimate of drug-likeness (QED) is 0.829. The molecule has 6 heteroatoms. The molecule has 0 saturated carbocycles. The van der Waals surface area contributed by atoms with Crippen LogP contribution in [0.15, 0.2) is 18.2 Å². The molecule has 0 aliphatic heterocycles. The number of carbonyl (C=O) groups excluding carboxylic acids is 1. The Kier molecular flexibility index (Phi) is 6.04. The summed E-state index contributed by atoms with van der Waals surface area (Å²) >= 11 is 5.67. The molecule has 1 unspecified atom stereocenters. The highest BCUT2D eigenvalue weighted by atomic mass is 35.5. The molecular weight excluding hydrogens is 261 g/mol. The van der Waals surface area contributed by atoms with Gasteiger partial charge in [0.2, 0.25) is 0 Å². The number of amides is 1. The van der Waals surface area contributed by atoms with Gasteiger partial charge in [0, 0.05) is 13.7 Å². The van der Waals surface area contributed by atoms with Crippen LogP contribution < -0.4 is 5.32 Å². The van der Waals surface area contributed by atoms with Crippen LogP contribution in [-0.4, -0.2) is 37.4 Å². The lowest BCUT2D eigenvalue weighted by atomic mass is 10.2. The van der Waals surface area contributed by atoms with Crippen molar-refractivity contribution in [3.8, 4) is 0 Å². The van der Waals surface area contributed by atoms with Crippen molar-refractivity contribution in [2.45, 2.75) is 12.5 Å². The Morgan fingerprint density at radius 2 is 2.33 bits per heavy atom. The molecule has 0 radical (unpaired) electrons. The van der Waals surface area contributed by atoms with E-state index in [9.17, 15) is 14.3 Å². The second-order valence-electron chi connectivity index (χ2n) is 3.76. The van der Waals surface area contributed by atoms with Crippen LogP contribution in [-0.2, 0) is 4.74 Å². The molecule has 0 aliphatic rings. The monoisotopic (exact) mass is 275 g/mol. The van der Waals surface area contributed by atoms with Gasteiger partial charge in [-0.2, -0.15) is 0 Å². The summed E-state index contributed by atoms with van der Waals surface area (Å²) in [6.45, 7) is 0.465. The normalized spacial score (nSPS) is 12.2. The Morgan fingerprint density at radius 1 is 1.61 bits per heavy atom. The summed E-state index contributed by atoms with van der Waals surface area (Å²) in [6.07, 6.45) is -0.287. The first-order valence-corrected chi connectivity index (χ1v) is 5.83. The SMILES string of the molecule is COCC(O)CCNC(=O)c1cccc(F)c1Cl. The van der Waals surface area contributed by atoms with E-state index in [1.54, 1.807) is 0 Å². The van der Waals surface area contributed by atoms with E-state index in [4.69, 9.17) is 16.3 Å². The number of methoxy groups -OCH3 is 1. The van der Waals surface area contributed by atoms with E-state index in [1.165, 1.54) is 25.3 Å². The molecule has 100 valence electrons. The Morgan fingerprint density at radius 3 is 3.00 bits per heavy atom. The molecule has 18 heavy (non-hydrogen) atoms. The fourth-order valence-corrected chi connectivity index (χ4v) is 1.61. The largest absolute Gasteiger partial charge is 0.391 e. The standard InChI is InChI=1S/C12H15ClFNO3/c1-18-7-8(16)5-6-15-12(17)9-3-2-4-10(14)11(9)13/h2-4,8,16H,5-7H2,1H3,(H,15,17). The Balaban J connectivity index is 2.48. The Bertz CT molecular complexity index is 414. The molecule has 0 aromatic heterocycles. The van der Waals surface area contributed by atoms with Crippen molar-refractivity contribution in [3.63, 3.8) is 0 Å². The van der Waals surface area contributed by atoms with E-state index >= 15 is 0 Å². The van der Waals surface area contributed by atoms with Crippen LogP contribution in [0, 0.1) is 5.82 Å². The number of benzene rings is 1. The second kappa shape index (κ2) is 7.31.